The number of fused-ring (bicyclic) bond motifs is 9. The first-order chi connectivity index (χ1) is 34.0. The van der Waals surface area contributed by atoms with E-state index in [9.17, 15) is 0 Å². The summed E-state index contributed by atoms with van der Waals surface area (Å²) in [5.74, 6) is 4.62. The lowest BCUT2D eigenvalue weighted by molar-refractivity contribution is -0.0451. The monoisotopic (exact) mass is 894 g/mol. The zero-order valence-electron chi connectivity index (χ0n) is 38.8. The lowest BCUT2D eigenvalue weighted by Gasteiger charge is -2.63. The summed E-state index contributed by atoms with van der Waals surface area (Å²) in [6, 6.07) is 66.3. The maximum atomic E-state index is 7.25. The van der Waals surface area contributed by atoms with Crippen molar-refractivity contribution >= 4 is 88.8 Å². The molecule has 5 heteroatoms. The molecule has 0 atom stereocenters. The second-order valence-electron chi connectivity index (χ2n) is 20.6. The minimum atomic E-state index is -0.200. The van der Waals surface area contributed by atoms with Crippen molar-refractivity contribution in [2.45, 2.75) is 51.4 Å². The number of ether oxygens (including phenoxy) is 1. The first-order valence-corrected chi connectivity index (χ1v) is 24.9. The summed E-state index contributed by atoms with van der Waals surface area (Å²) in [4.78, 5) is 4.84. The normalized spacial score (nSPS) is 21.1. The Balaban J connectivity index is 0.940. The molecular weight excluding hydrogens is 845 g/mol. The third-order valence-corrected chi connectivity index (χ3v) is 16.9. The molecule has 11 aromatic rings. The molecule has 1 spiro atoms. The summed E-state index contributed by atoms with van der Waals surface area (Å²) >= 11 is 0. The van der Waals surface area contributed by atoms with Crippen molar-refractivity contribution in [3.8, 4) is 11.5 Å². The van der Waals surface area contributed by atoms with E-state index in [2.05, 4.69) is 206 Å². The van der Waals surface area contributed by atoms with Gasteiger partial charge in [0.15, 0.2) is 11.2 Å². The number of benzene rings is 9. The van der Waals surface area contributed by atoms with Crippen LogP contribution in [0, 0.1) is 37.5 Å². The minimum absolute atomic E-state index is 0.200. The van der Waals surface area contributed by atoms with Gasteiger partial charge in [0.1, 0.15) is 22.7 Å². The summed E-state index contributed by atoms with van der Waals surface area (Å²) in [7, 11) is 0. The number of furan rings is 2. The number of aryl methyl sites for hydroxylation is 2. The van der Waals surface area contributed by atoms with Gasteiger partial charge in [-0.15, -0.1) is 0 Å². The van der Waals surface area contributed by atoms with E-state index in [-0.39, 0.29) is 5.41 Å². The third kappa shape index (κ3) is 5.65. The molecule has 3 heterocycles. The molecule has 1 aliphatic heterocycles. The van der Waals surface area contributed by atoms with Gasteiger partial charge in [-0.2, -0.15) is 0 Å². The maximum Gasteiger partial charge on any atom is 0.159 e. The van der Waals surface area contributed by atoms with Gasteiger partial charge in [0.2, 0.25) is 0 Å². The number of hydrogen-bond acceptors (Lipinski definition) is 5. The van der Waals surface area contributed by atoms with E-state index in [1.807, 2.05) is 0 Å². The van der Waals surface area contributed by atoms with Crippen molar-refractivity contribution in [1.29, 1.82) is 0 Å². The van der Waals surface area contributed by atoms with Crippen LogP contribution in [0.4, 0.5) is 34.1 Å². The molecule has 0 radical (unpaired) electrons. The summed E-state index contributed by atoms with van der Waals surface area (Å²) in [5.41, 5.74) is 15.0. The van der Waals surface area contributed by atoms with Crippen molar-refractivity contribution in [3.63, 3.8) is 0 Å². The van der Waals surface area contributed by atoms with Crippen LogP contribution in [0.2, 0.25) is 0 Å². The Kier molecular flexibility index (Phi) is 8.32. The molecule has 2 aromatic heterocycles. The smallest absolute Gasteiger partial charge is 0.159 e. The van der Waals surface area contributed by atoms with E-state index in [1.165, 1.54) is 65.1 Å². The summed E-state index contributed by atoms with van der Waals surface area (Å²) in [5, 5.41) is 6.89. The van der Waals surface area contributed by atoms with Crippen molar-refractivity contribution < 1.29 is 13.6 Å². The number of rotatable bonds is 6. The molecule has 69 heavy (non-hydrogen) atoms. The molecular formula is C64H50N2O3. The molecule has 16 rings (SSSR count). The average molecular weight is 895 g/mol. The molecule has 4 bridgehead atoms. The lowest BCUT2D eigenvalue weighted by Crippen LogP contribution is -2.57. The summed E-state index contributed by atoms with van der Waals surface area (Å²) in [6.45, 7) is 4.42. The average Bonchev–Trinajstić information content (AvgIpc) is 3.96. The Morgan fingerprint density at radius 3 is 1.49 bits per heavy atom. The third-order valence-electron chi connectivity index (χ3n) is 16.9. The topological polar surface area (TPSA) is 42.0 Å². The van der Waals surface area contributed by atoms with Gasteiger partial charge in [-0.1, -0.05) is 103 Å². The molecule has 4 fully saturated rings. The van der Waals surface area contributed by atoms with Crippen LogP contribution in [0.3, 0.4) is 0 Å². The van der Waals surface area contributed by atoms with Crippen LogP contribution in [0.1, 0.15) is 54.4 Å². The highest BCUT2D eigenvalue weighted by atomic mass is 16.5. The van der Waals surface area contributed by atoms with Gasteiger partial charge < -0.3 is 23.4 Å². The Labute approximate surface area is 401 Å². The van der Waals surface area contributed by atoms with Crippen molar-refractivity contribution in [2.75, 3.05) is 9.80 Å². The first-order valence-electron chi connectivity index (χ1n) is 24.9. The van der Waals surface area contributed by atoms with Crippen LogP contribution in [-0.4, -0.2) is 0 Å². The zero-order valence-corrected chi connectivity index (χ0v) is 38.8. The Morgan fingerprint density at radius 1 is 0.406 bits per heavy atom. The van der Waals surface area contributed by atoms with Crippen LogP contribution < -0.4 is 14.5 Å². The molecule has 0 saturated heterocycles. The quantitative estimate of drug-likeness (QED) is 0.166. The molecule has 4 aliphatic carbocycles. The molecule has 0 unspecified atom stereocenters. The largest absolute Gasteiger partial charge is 0.457 e. The number of nitrogens with zero attached hydrogens (tertiary/aromatic N) is 2. The molecule has 9 aromatic carbocycles. The van der Waals surface area contributed by atoms with E-state index in [0.29, 0.717) is 11.8 Å². The molecule has 4 saturated carbocycles. The van der Waals surface area contributed by atoms with Crippen molar-refractivity contribution in [3.05, 3.63) is 204 Å². The van der Waals surface area contributed by atoms with Crippen LogP contribution in [0.25, 0.3) is 54.6 Å². The van der Waals surface area contributed by atoms with Crippen LogP contribution in [0.5, 0.6) is 11.5 Å². The standard InChI is InChI=1S/C64H50N2O3/c1-38-13-3-7-19-54(38)65(56-21-11-17-50-48-15-5-9-23-58(48)68-62(50)56)46-26-25-42-36-61-52(35-43(42)34-46)64(44-30-40-29-41(32-44)33-45(64)31-40)53-37-47(27-28-60(53)67-61)66(55-20-8-4-14-39(55)2)57-22-12-18-51-49-16-6-10-24-59(49)69-63(51)57/h3-28,34-37,40-41,44-45H,29-33H2,1-2H3. The molecule has 334 valence electrons. The van der Waals surface area contributed by atoms with Gasteiger partial charge in [-0.3, -0.25) is 0 Å². The van der Waals surface area contributed by atoms with E-state index in [1.54, 1.807) is 0 Å². The van der Waals surface area contributed by atoms with Crippen LogP contribution in [0.15, 0.2) is 191 Å². The number of para-hydroxylation sites is 6. The van der Waals surface area contributed by atoms with E-state index < -0.39 is 0 Å². The van der Waals surface area contributed by atoms with E-state index in [4.69, 9.17) is 13.6 Å². The second kappa shape index (κ2) is 14.6. The van der Waals surface area contributed by atoms with Gasteiger partial charge in [-0.05, 0) is 170 Å². The molecule has 0 N–H and O–H groups in total. The maximum absolute atomic E-state index is 7.25. The van der Waals surface area contributed by atoms with Crippen molar-refractivity contribution in [1.82, 2.24) is 0 Å². The lowest BCUT2D eigenvalue weighted by atomic mass is 9.41. The van der Waals surface area contributed by atoms with Crippen LogP contribution >= 0.6 is 0 Å². The SMILES string of the molecule is Cc1ccccc1N(c1ccc2c(c1)C1(c3cc4cc(N(c5ccccc5C)c5cccc6c5oc5ccccc56)ccc4cc3O2)C2CC3CC(C2)CC1C3)c1cccc2c1oc1ccccc12. The Bertz CT molecular complexity index is 3880. The first kappa shape index (κ1) is 39.3. The van der Waals surface area contributed by atoms with Gasteiger partial charge >= 0.3 is 0 Å². The fraction of sp³-hybridized carbons (Fsp3) is 0.188. The summed E-state index contributed by atoms with van der Waals surface area (Å²) < 4.78 is 20.8. The van der Waals surface area contributed by atoms with E-state index >= 15 is 0 Å². The number of hydrogen-bond donors (Lipinski definition) is 0. The highest BCUT2D eigenvalue weighted by molar-refractivity contribution is 6.12. The minimum Gasteiger partial charge on any atom is -0.457 e. The Morgan fingerprint density at radius 2 is 0.899 bits per heavy atom. The van der Waals surface area contributed by atoms with Gasteiger partial charge in [0, 0.05) is 60.8 Å². The number of anilines is 6. The Hall–Kier alpha value is -7.76. The fourth-order valence-corrected chi connectivity index (χ4v) is 14.2. The zero-order chi connectivity index (χ0) is 45.5. The van der Waals surface area contributed by atoms with Gasteiger partial charge in [0.05, 0.1) is 11.4 Å². The fourth-order valence-electron chi connectivity index (χ4n) is 14.2. The van der Waals surface area contributed by atoms with Gasteiger partial charge in [0.25, 0.3) is 0 Å². The highest BCUT2D eigenvalue weighted by Crippen LogP contribution is 2.69. The predicted octanol–water partition coefficient (Wildman–Crippen LogP) is 18.0. The van der Waals surface area contributed by atoms with E-state index in [0.717, 1.165) is 101 Å². The molecule has 5 aliphatic rings. The predicted molar refractivity (Wildman–Crippen MR) is 282 cm³/mol. The van der Waals surface area contributed by atoms with Gasteiger partial charge in [-0.25, -0.2) is 0 Å². The van der Waals surface area contributed by atoms with Crippen LogP contribution in [-0.2, 0) is 5.41 Å². The second-order valence-corrected chi connectivity index (χ2v) is 20.6. The summed E-state index contributed by atoms with van der Waals surface area (Å²) in [6.07, 6.45) is 6.43. The molecule has 0 amide bonds. The highest BCUT2D eigenvalue weighted by Gasteiger charge is 2.61. The molecule has 5 nitrogen and oxygen atoms in total. The van der Waals surface area contributed by atoms with Crippen molar-refractivity contribution in [2.24, 2.45) is 23.7 Å².